The first kappa shape index (κ1) is 17.3. The number of carbonyl (C=O) groups is 1. The van der Waals surface area contributed by atoms with Crippen LogP contribution in [0.2, 0.25) is 0 Å². The molecule has 3 aromatic rings. The average Bonchev–Trinajstić information content (AvgIpc) is 3.20. The van der Waals surface area contributed by atoms with Crippen LogP contribution < -0.4 is 16.4 Å². The fourth-order valence-electron chi connectivity index (χ4n) is 2.94. The number of aromatic nitrogens is 6. The molecule has 1 saturated carbocycles. The highest BCUT2D eigenvalue weighted by Crippen LogP contribution is 2.27. The number of nitrogen functional groups attached to an aromatic ring is 1. The Morgan fingerprint density at radius 2 is 2.15 bits per heavy atom. The smallest absolute Gasteiger partial charge is 0.245 e. The van der Waals surface area contributed by atoms with E-state index < -0.39 is 0 Å². The van der Waals surface area contributed by atoms with Gasteiger partial charge in [-0.25, -0.2) is 9.67 Å². The van der Waals surface area contributed by atoms with Crippen molar-refractivity contribution in [3.8, 4) is 0 Å². The van der Waals surface area contributed by atoms with E-state index in [4.69, 9.17) is 5.73 Å². The number of fused-ring (bicyclic) bond motifs is 1. The number of imidazole rings is 1. The van der Waals surface area contributed by atoms with Gasteiger partial charge in [0.1, 0.15) is 12.4 Å². The quantitative estimate of drug-likeness (QED) is 0.603. The Bertz CT molecular complexity index is 999. The lowest BCUT2D eigenvalue weighted by atomic mass is 10.4. The Labute approximate surface area is 156 Å². The molecule has 142 valence electrons. The molecule has 3 aromatic heterocycles. The van der Waals surface area contributed by atoms with E-state index in [-0.39, 0.29) is 24.4 Å². The molecule has 1 amide bonds. The molecule has 0 saturated heterocycles. The Kier molecular flexibility index (Phi) is 4.17. The van der Waals surface area contributed by atoms with Gasteiger partial charge in [-0.2, -0.15) is 15.1 Å². The van der Waals surface area contributed by atoms with Gasteiger partial charge >= 0.3 is 0 Å². The summed E-state index contributed by atoms with van der Waals surface area (Å²) in [7, 11) is 0. The number of nitrogens with two attached hydrogens (primary N) is 1. The Morgan fingerprint density at radius 3 is 2.85 bits per heavy atom. The summed E-state index contributed by atoms with van der Waals surface area (Å²) < 4.78 is 3.46. The van der Waals surface area contributed by atoms with Crippen LogP contribution in [-0.4, -0.2) is 41.2 Å². The molecule has 0 aromatic carbocycles. The first-order valence-electron chi connectivity index (χ1n) is 9.01. The van der Waals surface area contributed by atoms with E-state index >= 15 is 0 Å². The van der Waals surface area contributed by atoms with Gasteiger partial charge in [0.25, 0.3) is 0 Å². The molecule has 27 heavy (non-hydrogen) atoms. The van der Waals surface area contributed by atoms with Crippen LogP contribution in [0.4, 0.5) is 17.6 Å². The summed E-state index contributed by atoms with van der Waals surface area (Å²) in [6.45, 7) is 5.99. The molecule has 1 fully saturated rings. The summed E-state index contributed by atoms with van der Waals surface area (Å²) >= 11 is 0. The van der Waals surface area contributed by atoms with Crippen LogP contribution in [0.25, 0.3) is 11.2 Å². The number of hydrogen-bond donors (Lipinski definition) is 3. The van der Waals surface area contributed by atoms with Gasteiger partial charge in [0.2, 0.25) is 11.9 Å². The third kappa shape index (κ3) is 3.55. The molecular weight excluding hydrogens is 346 g/mol. The van der Waals surface area contributed by atoms with E-state index in [0.29, 0.717) is 28.8 Å². The minimum Gasteiger partial charge on any atom is -0.368 e. The van der Waals surface area contributed by atoms with Crippen molar-refractivity contribution in [3.63, 3.8) is 0 Å². The maximum atomic E-state index is 12.6. The molecule has 1 aliphatic rings. The van der Waals surface area contributed by atoms with Crippen molar-refractivity contribution >= 4 is 34.7 Å². The Hall–Kier alpha value is -3.17. The first-order valence-corrected chi connectivity index (χ1v) is 9.01. The van der Waals surface area contributed by atoms with Crippen LogP contribution in [0.5, 0.6) is 0 Å². The number of rotatable bonds is 6. The molecule has 4 N–H and O–H groups in total. The zero-order chi connectivity index (χ0) is 19.1. The van der Waals surface area contributed by atoms with E-state index in [2.05, 4.69) is 30.7 Å². The fourth-order valence-corrected chi connectivity index (χ4v) is 2.94. The van der Waals surface area contributed by atoms with Crippen LogP contribution in [0.15, 0.2) is 12.4 Å². The zero-order valence-electron chi connectivity index (χ0n) is 15.6. The summed E-state index contributed by atoms with van der Waals surface area (Å²) in [4.78, 5) is 25.5. The predicted molar refractivity (Wildman–Crippen MR) is 102 cm³/mol. The maximum Gasteiger partial charge on any atom is 0.245 e. The fraction of sp³-hybridized carbons (Fsp3) is 0.471. The third-order valence-electron chi connectivity index (χ3n) is 4.33. The number of nitrogens with one attached hydrogen (secondary N) is 2. The summed E-state index contributed by atoms with van der Waals surface area (Å²) in [6.07, 6.45) is 3.80. The minimum atomic E-state index is -0.190. The van der Waals surface area contributed by atoms with Gasteiger partial charge in [0.15, 0.2) is 17.0 Å². The molecule has 0 spiro atoms. The van der Waals surface area contributed by atoms with E-state index in [1.807, 2.05) is 26.8 Å². The molecule has 0 aliphatic heterocycles. The van der Waals surface area contributed by atoms with Crippen molar-refractivity contribution in [2.75, 3.05) is 16.4 Å². The SMILES string of the molecule is Cc1cc(NC(=O)Cn2cnc3c(NC4CC4)nc(N)nc32)n(C(C)C)n1. The van der Waals surface area contributed by atoms with Crippen molar-refractivity contribution in [1.82, 2.24) is 29.3 Å². The summed E-state index contributed by atoms with van der Waals surface area (Å²) in [5, 5.41) is 10.6. The van der Waals surface area contributed by atoms with Crippen molar-refractivity contribution in [1.29, 1.82) is 0 Å². The van der Waals surface area contributed by atoms with Gasteiger partial charge in [0, 0.05) is 18.2 Å². The van der Waals surface area contributed by atoms with Crippen molar-refractivity contribution in [2.24, 2.45) is 0 Å². The molecule has 0 radical (unpaired) electrons. The normalized spacial score (nSPS) is 14.1. The second kappa shape index (κ2) is 6.53. The number of carbonyl (C=O) groups excluding carboxylic acids is 1. The molecule has 1 aliphatic carbocycles. The van der Waals surface area contributed by atoms with Gasteiger partial charge in [-0.1, -0.05) is 0 Å². The maximum absolute atomic E-state index is 12.6. The number of amides is 1. The van der Waals surface area contributed by atoms with Gasteiger partial charge in [-0.15, -0.1) is 0 Å². The lowest BCUT2D eigenvalue weighted by molar-refractivity contribution is -0.116. The van der Waals surface area contributed by atoms with Crippen LogP contribution in [0.1, 0.15) is 38.4 Å². The Balaban J connectivity index is 1.56. The van der Waals surface area contributed by atoms with Gasteiger partial charge in [-0.3, -0.25) is 4.79 Å². The highest BCUT2D eigenvalue weighted by molar-refractivity contribution is 5.91. The average molecular weight is 369 g/mol. The number of aryl methyl sites for hydroxylation is 1. The van der Waals surface area contributed by atoms with Crippen molar-refractivity contribution in [2.45, 2.75) is 52.2 Å². The van der Waals surface area contributed by atoms with Crippen molar-refractivity contribution in [3.05, 3.63) is 18.1 Å². The highest BCUT2D eigenvalue weighted by atomic mass is 16.2. The summed E-state index contributed by atoms with van der Waals surface area (Å²) in [5.74, 6) is 1.25. The van der Waals surface area contributed by atoms with Crippen molar-refractivity contribution < 1.29 is 4.79 Å². The predicted octanol–water partition coefficient (Wildman–Crippen LogP) is 1.71. The molecule has 3 heterocycles. The second-order valence-electron chi connectivity index (χ2n) is 7.15. The molecular formula is C17H23N9O. The Morgan fingerprint density at radius 1 is 1.37 bits per heavy atom. The lowest BCUT2D eigenvalue weighted by Gasteiger charge is -2.12. The topological polar surface area (TPSA) is 129 Å². The molecule has 4 rings (SSSR count). The largest absolute Gasteiger partial charge is 0.368 e. The molecule has 10 heteroatoms. The second-order valence-corrected chi connectivity index (χ2v) is 7.15. The van der Waals surface area contributed by atoms with E-state index in [1.54, 1.807) is 15.6 Å². The van der Waals surface area contributed by atoms with E-state index in [9.17, 15) is 4.79 Å². The van der Waals surface area contributed by atoms with Crippen LogP contribution >= 0.6 is 0 Å². The van der Waals surface area contributed by atoms with Gasteiger partial charge in [0.05, 0.1) is 12.0 Å². The molecule has 0 atom stereocenters. The molecule has 0 bridgehead atoms. The highest BCUT2D eigenvalue weighted by Gasteiger charge is 2.24. The lowest BCUT2D eigenvalue weighted by Crippen LogP contribution is -2.21. The number of anilines is 3. The number of nitrogens with zero attached hydrogens (tertiary/aromatic N) is 6. The molecule has 10 nitrogen and oxygen atoms in total. The monoisotopic (exact) mass is 369 g/mol. The number of hydrogen-bond acceptors (Lipinski definition) is 7. The first-order chi connectivity index (χ1) is 12.9. The van der Waals surface area contributed by atoms with Crippen LogP contribution in [0, 0.1) is 6.92 Å². The minimum absolute atomic E-state index is 0.0676. The van der Waals surface area contributed by atoms with Crippen LogP contribution in [0.3, 0.4) is 0 Å². The van der Waals surface area contributed by atoms with Gasteiger partial charge in [-0.05, 0) is 33.6 Å². The van der Waals surface area contributed by atoms with E-state index in [0.717, 1.165) is 18.5 Å². The summed E-state index contributed by atoms with van der Waals surface area (Å²) in [6, 6.07) is 2.41. The van der Waals surface area contributed by atoms with Gasteiger partial charge < -0.3 is 20.9 Å². The zero-order valence-corrected chi connectivity index (χ0v) is 15.6. The van der Waals surface area contributed by atoms with Crippen LogP contribution in [-0.2, 0) is 11.3 Å². The third-order valence-corrected chi connectivity index (χ3v) is 4.33. The standard InChI is InChI=1S/C17H23N9O/c1-9(2)26-12(6-10(3)24-26)21-13(27)7-25-8-19-14-15(20-11-4-5-11)22-17(18)23-16(14)25/h6,8-9,11H,4-5,7H2,1-3H3,(H,21,27)(H3,18,20,22,23). The van der Waals surface area contributed by atoms with E-state index in [1.165, 1.54) is 0 Å². The summed E-state index contributed by atoms with van der Waals surface area (Å²) in [5.41, 5.74) is 7.85. The molecule has 0 unspecified atom stereocenters.